The van der Waals surface area contributed by atoms with Crippen molar-refractivity contribution in [2.24, 2.45) is 0 Å². The SMILES string of the molecule is CC(=O)NS(=O)(=O)c1ccc(NC2=CC(=O)N(C(C)=O)C2)cc1. The molecule has 1 aliphatic rings. The third-order valence-electron chi connectivity index (χ3n) is 3.02. The standard InChI is InChI=1S/C14H15N3O5S/c1-9(18)16-23(21,22)13-5-3-11(4-6-13)15-12-7-14(20)17(8-12)10(2)19/h3-7,15H,8H2,1-2H3,(H,16,18). The fraction of sp³-hybridized carbons (Fsp3) is 0.214. The Hall–Kier alpha value is -2.68. The summed E-state index contributed by atoms with van der Waals surface area (Å²) in [7, 11) is -3.88. The number of imide groups is 1. The second-order valence-electron chi connectivity index (χ2n) is 4.92. The van der Waals surface area contributed by atoms with E-state index in [2.05, 4.69) is 5.32 Å². The van der Waals surface area contributed by atoms with Crippen LogP contribution < -0.4 is 10.0 Å². The molecule has 8 nitrogen and oxygen atoms in total. The van der Waals surface area contributed by atoms with E-state index in [-0.39, 0.29) is 17.3 Å². The van der Waals surface area contributed by atoms with Crippen molar-refractivity contribution in [3.63, 3.8) is 0 Å². The zero-order chi connectivity index (χ0) is 17.2. The Bertz CT molecular complexity index is 796. The molecule has 23 heavy (non-hydrogen) atoms. The van der Waals surface area contributed by atoms with Crippen molar-refractivity contribution in [2.45, 2.75) is 18.7 Å². The van der Waals surface area contributed by atoms with Crippen LogP contribution in [0.3, 0.4) is 0 Å². The van der Waals surface area contributed by atoms with Gasteiger partial charge in [0.05, 0.1) is 11.4 Å². The first kappa shape index (κ1) is 16.7. The third-order valence-corrected chi connectivity index (χ3v) is 4.47. The van der Waals surface area contributed by atoms with Crippen LogP contribution in [0.2, 0.25) is 0 Å². The molecule has 9 heteroatoms. The smallest absolute Gasteiger partial charge is 0.264 e. The summed E-state index contributed by atoms with van der Waals surface area (Å²) in [4.78, 5) is 34.7. The summed E-state index contributed by atoms with van der Waals surface area (Å²) in [5.41, 5.74) is 1.08. The fourth-order valence-electron chi connectivity index (χ4n) is 2.01. The van der Waals surface area contributed by atoms with Crippen LogP contribution in [0.1, 0.15) is 13.8 Å². The highest BCUT2D eigenvalue weighted by Gasteiger charge is 2.24. The van der Waals surface area contributed by atoms with E-state index in [1.54, 1.807) is 0 Å². The summed E-state index contributed by atoms with van der Waals surface area (Å²) in [5.74, 6) is -1.42. The number of carbonyl (C=O) groups is 3. The maximum atomic E-state index is 11.8. The molecule has 0 bridgehead atoms. The van der Waals surface area contributed by atoms with Crippen molar-refractivity contribution < 1.29 is 22.8 Å². The van der Waals surface area contributed by atoms with Gasteiger partial charge < -0.3 is 5.32 Å². The van der Waals surface area contributed by atoms with Gasteiger partial charge in [-0.25, -0.2) is 13.1 Å². The van der Waals surface area contributed by atoms with Gasteiger partial charge in [-0.1, -0.05) is 0 Å². The van der Waals surface area contributed by atoms with Crippen LogP contribution >= 0.6 is 0 Å². The Morgan fingerprint density at radius 1 is 1.13 bits per heavy atom. The summed E-state index contributed by atoms with van der Waals surface area (Å²) in [6, 6.07) is 5.65. The van der Waals surface area contributed by atoms with E-state index in [1.165, 1.54) is 37.3 Å². The number of nitrogens with zero attached hydrogens (tertiary/aromatic N) is 1. The first-order valence-corrected chi connectivity index (χ1v) is 8.10. The Morgan fingerprint density at radius 2 is 1.74 bits per heavy atom. The molecular weight excluding hydrogens is 322 g/mol. The molecule has 1 heterocycles. The monoisotopic (exact) mass is 337 g/mol. The van der Waals surface area contributed by atoms with E-state index in [4.69, 9.17) is 0 Å². The number of hydrogen-bond donors (Lipinski definition) is 2. The van der Waals surface area contributed by atoms with E-state index in [0.717, 1.165) is 11.8 Å². The van der Waals surface area contributed by atoms with Crippen molar-refractivity contribution in [3.8, 4) is 0 Å². The van der Waals surface area contributed by atoms with Gasteiger partial charge in [-0.2, -0.15) is 0 Å². The van der Waals surface area contributed by atoms with E-state index in [0.29, 0.717) is 11.4 Å². The van der Waals surface area contributed by atoms with Gasteiger partial charge >= 0.3 is 0 Å². The average molecular weight is 337 g/mol. The highest BCUT2D eigenvalue weighted by Crippen LogP contribution is 2.18. The maximum Gasteiger partial charge on any atom is 0.264 e. The Labute approximate surface area is 133 Å². The van der Waals surface area contributed by atoms with Crippen molar-refractivity contribution in [1.29, 1.82) is 0 Å². The Morgan fingerprint density at radius 3 is 2.22 bits per heavy atom. The molecule has 0 saturated carbocycles. The van der Waals surface area contributed by atoms with Crippen molar-refractivity contribution in [3.05, 3.63) is 36.0 Å². The summed E-state index contributed by atoms with van der Waals surface area (Å²) >= 11 is 0. The van der Waals surface area contributed by atoms with Crippen LogP contribution in [0.25, 0.3) is 0 Å². The number of hydrogen-bond acceptors (Lipinski definition) is 6. The molecule has 2 N–H and O–H groups in total. The van der Waals surface area contributed by atoms with E-state index >= 15 is 0 Å². The summed E-state index contributed by atoms with van der Waals surface area (Å²) in [6.45, 7) is 2.55. The minimum atomic E-state index is -3.88. The summed E-state index contributed by atoms with van der Waals surface area (Å²) < 4.78 is 25.5. The second kappa shape index (κ2) is 6.21. The van der Waals surface area contributed by atoms with Gasteiger partial charge in [0.25, 0.3) is 15.9 Å². The largest absolute Gasteiger partial charge is 0.357 e. The van der Waals surface area contributed by atoms with E-state index < -0.39 is 21.8 Å². The Balaban J connectivity index is 2.10. The van der Waals surface area contributed by atoms with Gasteiger partial charge in [0.15, 0.2) is 0 Å². The van der Waals surface area contributed by atoms with Crippen molar-refractivity contribution in [2.75, 3.05) is 11.9 Å². The topological polar surface area (TPSA) is 113 Å². The van der Waals surface area contributed by atoms with Gasteiger partial charge in [-0.3, -0.25) is 19.3 Å². The molecule has 0 unspecified atom stereocenters. The first-order valence-electron chi connectivity index (χ1n) is 6.62. The lowest BCUT2D eigenvalue weighted by Gasteiger charge is -2.13. The van der Waals surface area contributed by atoms with Crippen molar-refractivity contribution >= 4 is 33.4 Å². The fourth-order valence-corrected chi connectivity index (χ4v) is 3.00. The van der Waals surface area contributed by atoms with Crippen LogP contribution in [0.5, 0.6) is 0 Å². The molecule has 122 valence electrons. The molecule has 1 aliphatic heterocycles. The number of amides is 3. The van der Waals surface area contributed by atoms with Crippen LogP contribution in [0, 0.1) is 0 Å². The quantitative estimate of drug-likeness (QED) is 0.811. The number of anilines is 1. The predicted octanol–water partition coefficient (Wildman–Crippen LogP) is 0.196. The molecule has 0 radical (unpaired) electrons. The minimum Gasteiger partial charge on any atom is -0.357 e. The lowest BCUT2D eigenvalue weighted by molar-refractivity contribution is -0.138. The molecule has 1 aromatic rings. The lowest BCUT2D eigenvalue weighted by atomic mass is 10.3. The molecule has 2 rings (SSSR count). The third kappa shape index (κ3) is 3.95. The molecule has 0 atom stereocenters. The molecular formula is C14H15N3O5S. The van der Waals surface area contributed by atoms with E-state index in [1.807, 2.05) is 4.72 Å². The average Bonchev–Trinajstić information content (AvgIpc) is 2.79. The van der Waals surface area contributed by atoms with Crippen LogP contribution in [-0.2, 0) is 24.4 Å². The molecule has 0 aromatic heterocycles. The number of benzene rings is 1. The van der Waals surface area contributed by atoms with Gasteiger partial charge in [0.2, 0.25) is 11.8 Å². The number of nitrogens with one attached hydrogen (secondary N) is 2. The zero-order valence-electron chi connectivity index (χ0n) is 12.5. The first-order chi connectivity index (χ1) is 10.7. The summed E-state index contributed by atoms with van der Waals surface area (Å²) in [5, 5.41) is 2.94. The second-order valence-corrected chi connectivity index (χ2v) is 6.61. The van der Waals surface area contributed by atoms with E-state index in [9.17, 15) is 22.8 Å². The molecule has 0 aliphatic carbocycles. The number of carbonyl (C=O) groups excluding carboxylic acids is 3. The number of rotatable bonds is 4. The molecule has 3 amide bonds. The van der Waals surface area contributed by atoms with Gasteiger partial charge in [-0.15, -0.1) is 0 Å². The minimum absolute atomic E-state index is 0.0555. The van der Waals surface area contributed by atoms with Gasteiger partial charge in [-0.05, 0) is 24.3 Å². The van der Waals surface area contributed by atoms with Crippen LogP contribution in [0.4, 0.5) is 5.69 Å². The molecule has 0 spiro atoms. The van der Waals surface area contributed by atoms with Crippen LogP contribution in [0.15, 0.2) is 40.9 Å². The normalized spacial score (nSPS) is 14.4. The van der Waals surface area contributed by atoms with Gasteiger partial charge in [0.1, 0.15) is 0 Å². The Kier molecular flexibility index (Phi) is 4.50. The molecule has 0 fully saturated rings. The highest BCUT2D eigenvalue weighted by atomic mass is 32.2. The predicted molar refractivity (Wildman–Crippen MR) is 81.5 cm³/mol. The summed E-state index contributed by atoms with van der Waals surface area (Å²) in [6.07, 6.45) is 1.31. The number of sulfonamides is 1. The lowest BCUT2D eigenvalue weighted by Crippen LogP contribution is -2.31. The maximum absolute atomic E-state index is 11.8. The van der Waals surface area contributed by atoms with Gasteiger partial charge in [0, 0.05) is 31.3 Å². The molecule has 1 aromatic carbocycles. The highest BCUT2D eigenvalue weighted by molar-refractivity contribution is 7.90. The zero-order valence-corrected chi connectivity index (χ0v) is 13.3. The van der Waals surface area contributed by atoms with Crippen molar-refractivity contribution in [1.82, 2.24) is 9.62 Å². The van der Waals surface area contributed by atoms with Crippen LogP contribution in [-0.4, -0.2) is 37.6 Å². The molecule has 0 saturated heterocycles.